The number of esters is 3. The molecule has 0 saturated heterocycles. The molecule has 5 unspecified atom stereocenters. The van der Waals surface area contributed by atoms with Crippen LogP contribution in [0.5, 0.6) is 0 Å². The van der Waals surface area contributed by atoms with Gasteiger partial charge in [0.1, 0.15) is 25.4 Å². The van der Waals surface area contributed by atoms with Crippen molar-refractivity contribution in [1.82, 2.24) is 0 Å². The number of aliphatic hydroxyl groups is 2. The zero-order valence-corrected chi connectivity index (χ0v) is 47.4. The van der Waals surface area contributed by atoms with Gasteiger partial charge in [0.05, 0.1) is 26.4 Å². The van der Waals surface area contributed by atoms with Crippen molar-refractivity contribution < 1.29 is 75.8 Å². The van der Waals surface area contributed by atoms with Crippen LogP contribution in [0.15, 0.2) is 36.5 Å². The molecule has 0 aromatic carbocycles. The van der Waals surface area contributed by atoms with E-state index in [1.54, 1.807) is 0 Å². The highest BCUT2D eigenvalue weighted by molar-refractivity contribution is 7.47. The second-order valence-electron chi connectivity index (χ2n) is 19.1. The first-order valence-corrected chi connectivity index (χ1v) is 31.3. The maximum absolute atomic E-state index is 12.8. The SMILES string of the molecule is CCC/C=C\C/C=C\CCCCCCCC(=O)OCC(O)COP(=O)(O)OCC(O)COP(=O)(O)OCC(COC(=O)CCCCCCCCCCCCCCC)OC(=O)CCCCCCC/C=C\CCCC. The molecule has 0 aliphatic carbocycles. The highest BCUT2D eigenvalue weighted by atomic mass is 31.2. The molecule has 428 valence electrons. The molecule has 5 atom stereocenters. The summed E-state index contributed by atoms with van der Waals surface area (Å²) in [6, 6.07) is 0. The minimum absolute atomic E-state index is 0.0990. The molecule has 0 radical (unpaired) electrons. The Morgan fingerprint density at radius 2 is 0.726 bits per heavy atom. The van der Waals surface area contributed by atoms with Gasteiger partial charge >= 0.3 is 33.6 Å². The van der Waals surface area contributed by atoms with Gasteiger partial charge in [0, 0.05) is 19.3 Å². The Bertz CT molecular complexity index is 1510. The van der Waals surface area contributed by atoms with Crippen molar-refractivity contribution in [3.8, 4) is 0 Å². The normalized spacial score (nSPS) is 14.9. The first kappa shape index (κ1) is 70.8. The monoisotopic (exact) mass is 1080 g/mol. The highest BCUT2D eigenvalue weighted by Crippen LogP contribution is 2.45. The Hall–Kier alpha value is -2.23. The van der Waals surface area contributed by atoms with Crippen LogP contribution < -0.4 is 0 Å². The van der Waals surface area contributed by atoms with E-state index in [0.717, 1.165) is 109 Å². The summed E-state index contributed by atoms with van der Waals surface area (Å²) in [5.41, 5.74) is 0. The summed E-state index contributed by atoms with van der Waals surface area (Å²) in [6.45, 7) is 2.52. The topological polar surface area (TPSA) is 231 Å². The lowest BCUT2D eigenvalue weighted by atomic mass is 10.0. The molecule has 0 amide bonds. The number of carbonyl (C=O) groups excluding carboxylic acids is 3. The van der Waals surface area contributed by atoms with Crippen LogP contribution in [0.3, 0.4) is 0 Å². The second-order valence-corrected chi connectivity index (χ2v) is 22.0. The van der Waals surface area contributed by atoms with Crippen molar-refractivity contribution in [3.63, 3.8) is 0 Å². The van der Waals surface area contributed by atoms with Crippen LogP contribution in [0, 0.1) is 0 Å². The van der Waals surface area contributed by atoms with Crippen LogP contribution in [0.4, 0.5) is 0 Å². The van der Waals surface area contributed by atoms with Crippen LogP contribution in [-0.4, -0.2) is 95.9 Å². The van der Waals surface area contributed by atoms with Gasteiger partial charge in [0.25, 0.3) is 0 Å². The standard InChI is InChI=1S/C55H102O16P2/c1-4-7-10-13-16-19-22-24-27-29-32-35-38-41-53(58)65-44-50(56)45-67-72(61,62)68-46-51(57)47-69-73(63,64)70-49-52(71-55(60)43-40-37-34-31-26-21-18-15-12-9-6-3)48-66-54(59)42-39-36-33-30-28-25-23-20-17-14-11-8-5-2/h10,13,15,18-19,22,50-52,56-57H,4-9,11-12,14,16-17,20-21,23-49H2,1-3H3,(H,61,62)(H,63,64)/b13-10-,18-15-,22-19-. The molecule has 0 heterocycles. The fourth-order valence-electron chi connectivity index (χ4n) is 7.41. The highest BCUT2D eigenvalue weighted by Gasteiger charge is 2.29. The number of carbonyl (C=O) groups is 3. The molecular weight excluding hydrogens is 979 g/mol. The fourth-order valence-corrected chi connectivity index (χ4v) is 9.00. The fraction of sp³-hybridized carbons (Fsp3) is 0.836. The summed E-state index contributed by atoms with van der Waals surface area (Å²) in [7, 11) is -9.74. The molecule has 0 aliphatic rings. The number of aliphatic hydroxyl groups excluding tert-OH is 2. The van der Waals surface area contributed by atoms with E-state index in [0.29, 0.717) is 19.3 Å². The van der Waals surface area contributed by atoms with Crippen molar-refractivity contribution in [1.29, 1.82) is 0 Å². The van der Waals surface area contributed by atoms with E-state index in [-0.39, 0.29) is 19.3 Å². The quantitative estimate of drug-likeness (QED) is 0.0146. The third kappa shape index (κ3) is 51.6. The van der Waals surface area contributed by atoms with E-state index in [1.165, 1.54) is 70.6 Å². The lowest BCUT2D eigenvalue weighted by Crippen LogP contribution is -2.30. The predicted molar refractivity (Wildman–Crippen MR) is 289 cm³/mol. The van der Waals surface area contributed by atoms with E-state index in [9.17, 15) is 43.5 Å². The number of ether oxygens (including phenoxy) is 3. The van der Waals surface area contributed by atoms with Crippen molar-refractivity contribution in [2.75, 3.05) is 39.6 Å². The van der Waals surface area contributed by atoms with E-state index in [2.05, 4.69) is 57.2 Å². The smallest absolute Gasteiger partial charge is 0.463 e. The van der Waals surface area contributed by atoms with Gasteiger partial charge in [0.2, 0.25) is 0 Å². The Labute approximate surface area is 441 Å². The van der Waals surface area contributed by atoms with E-state index in [1.807, 2.05) is 0 Å². The summed E-state index contributed by atoms with van der Waals surface area (Å²) in [5, 5.41) is 20.4. The molecule has 0 rings (SSSR count). The molecule has 0 spiro atoms. The molecule has 0 bridgehead atoms. The number of unbranched alkanes of at least 4 members (excludes halogenated alkanes) is 25. The maximum atomic E-state index is 12.8. The molecule has 0 saturated carbocycles. The van der Waals surface area contributed by atoms with Crippen molar-refractivity contribution in [2.24, 2.45) is 0 Å². The molecule has 73 heavy (non-hydrogen) atoms. The van der Waals surface area contributed by atoms with Gasteiger partial charge in [-0.15, -0.1) is 0 Å². The number of phosphoric ester groups is 2. The Morgan fingerprint density at radius 1 is 0.384 bits per heavy atom. The molecule has 0 aromatic heterocycles. The summed E-state index contributed by atoms with van der Waals surface area (Å²) in [4.78, 5) is 57.8. The summed E-state index contributed by atoms with van der Waals surface area (Å²) in [5.74, 6) is -1.59. The van der Waals surface area contributed by atoms with Gasteiger partial charge in [-0.2, -0.15) is 0 Å². The lowest BCUT2D eigenvalue weighted by Gasteiger charge is -2.21. The number of phosphoric acid groups is 2. The number of hydrogen-bond acceptors (Lipinski definition) is 14. The molecule has 0 aliphatic heterocycles. The average molecular weight is 1080 g/mol. The van der Waals surface area contributed by atoms with Crippen molar-refractivity contribution in [2.45, 2.75) is 257 Å². The average Bonchev–Trinajstić information content (AvgIpc) is 3.36. The zero-order valence-electron chi connectivity index (χ0n) is 45.6. The van der Waals surface area contributed by atoms with Crippen LogP contribution in [-0.2, 0) is 55.8 Å². The van der Waals surface area contributed by atoms with Crippen molar-refractivity contribution >= 4 is 33.6 Å². The van der Waals surface area contributed by atoms with Crippen molar-refractivity contribution in [3.05, 3.63) is 36.5 Å². The number of rotatable bonds is 54. The Kier molecular flexibility index (Phi) is 49.0. The van der Waals surface area contributed by atoms with Gasteiger partial charge in [-0.05, 0) is 64.2 Å². The first-order chi connectivity index (χ1) is 35.2. The zero-order chi connectivity index (χ0) is 53.9. The number of hydrogen-bond donors (Lipinski definition) is 4. The minimum Gasteiger partial charge on any atom is -0.463 e. The molecule has 4 N–H and O–H groups in total. The maximum Gasteiger partial charge on any atom is 0.472 e. The van der Waals surface area contributed by atoms with Crippen LogP contribution in [0.1, 0.15) is 239 Å². The van der Waals surface area contributed by atoms with Gasteiger partial charge < -0.3 is 34.2 Å². The van der Waals surface area contributed by atoms with Crippen LogP contribution in [0.25, 0.3) is 0 Å². The van der Waals surface area contributed by atoms with Crippen LogP contribution >= 0.6 is 15.6 Å². The second kappa shape index (κ2) is 50.6. The Morgan fingerprint density at radius 3 is 1.18 bits per heavy atom. The summed E-state index contributed by atoms with van der Waals surface area (Å²) < 4.78 is 60.4. The predicted octanol–water partition coefficient (Wildman–Crippen LogP) is 14.0. The van der Waals surface area contributed by atoms with E-state index in [4.69, 9.17) is 32.3 Å². The van der Waals surface area contributed by atoms with E-state index >= 15 is 0 Å². The van der Waals surface area contributed by atoms with Gasteiger partial charge in [-0.1, -0.05) is 192 Å². The number of allylic oxidation sites excluding steroid dienone is 6. The molecular formula is C55H102O16P2. The van der Waals surface area contributed by atoms with Gasteiger partial charge in [-0.3, -0.25) is 32.5 Å². The lowest BCUT2D eigenvalue weighted by molar-refractivity contribution is -0.161. The first-order valence-electron chi connectivity index (χ1n) is 28.3. The van der Waals surface area contributed by atoms with Crippen LogP contribution in [0.2, 0.25) is 0 Å². The largest absolute Gasteiger partial charge is 0.472 e. The molecule has 0 fully saturated rings. The Balaban J connectivity index is 4.68. The molecule has 0 aromatic rings. The third-order valence-corrected chi connectivity index (χ3v) is 13.7. The summed E-state index contributed by atoms with van der Waals surface area (Å²) in [6.07, 6.45) is 42.3. The van der Waals surface area contributed by atoms with Gasteiger partial charge in [0.15, 0.2) is 6.10 Å². The summed E-state index contributed by atoms with van der Waals surface area (Å²) >= 11 is 0. The van der Waals surface area contributed by atoms with Gasteiger partial charge in [-0.25, -0.2) is 9.13 Å². The molecule has 18 heteroatoms. The third-order valence-electron chi connectivity index (χ3n) is 11.8. The minimum atomic E-state index is -4.90. The molecule has 16 nitrogen and oxygen atoms in total. The van der Waals surface area contributed by atoms with E-state index < -0.39 is 91.5 Å².